The molecule has 0 unspecified atom stereocenters. The molecular weight excluding hydrogens is 456 g/mol. The van der Waals surface area contributed by atoms with E-state index >= 15 is 0 Å². The Kier molecular flexibility index (Phi) is 6.65. The van der Waals surface area contributed by atoms with Gasteiger partial charge in [0.05, 0.1) is 32.0 Å². The SMILES string of the molecule is COc1cc(C(=O)Nc2cc(-c3nc4cc(C(C)C)ccc4o3)ccc2Cl)cc(OC)c1OC. The number of aromatic nitrogens is 1. The van der Waals surface area contributed by atoms with E-state index in [1.807, 2.05) is 18.2 Å². The zero-order valence-corrected chi connectivity index (χ0v) is 20.3. The van der Waals surface area contributed by atoms with E-state index < -0.39 is 5.91 Å². The average molecular weight is 481 g/mol. The third kappa shape index (κ3) is 4.52. The fourth-order valence-corrected chi connectivity index (χ4v) is 3.75. The van der Waals surface area contributed by atoms with Crippen LogP contribution in [0.25, 0.3) is 22.6 Å². The van der Waals surface area contributed by atoms with Gasteiger partial charge in [-0.15, -0.1) is 0 Å². The summed E-state index contributed by atoms with van der Waals surface area (Å²) >= 11 is 6.38. The summed E-state index contributed by atoms with van der Waals surface area (Å²) in [6, 6.07) is 14.3. The van der Waals surface area contributed by atoms with Crippen LogP contribution in [0.1, 0.15) is 35.7 Å². The van der Waals surface area contributed by atoms with Gasteiger partial charge in [-0.1, -0.05) is 31.5 Å². The Labute approximate surface area is 202 Å². The summed E-state index contributed by atoms with van der Waals surface area (Å²) in [5.74, 6) is 1.58. The van der Waals surface area contributed by atoms with Crippen LogP contribution in [0.15, 0.2) is 52.9 Å². The van der Waals surface area contributed by atoms with Crippen molar-refractivity contribution in [2.45, 2.75) is 19.8 Å². The molecule has 4 rings (SSSR count). The lowest BCUT2D eigenvalue weighted by Gasteiger charge is -2.14. The summed E-state index contributed by atoms with van der Waals surface area (Å²) in [6.07, 6.45) is 0. The van der Waals surface area contributed by atoms with Crippen molar-refractivity contribution in [2.24, 2.45) is 0 Å². The second-order valence-electron chi connectivity index (χ2n) is 7.96. The predicted molar refractivity (Wildman–Crippen MR) is 133 cm³/mol. The maximum atomic E-state index is 13.0. The molecule has 1 aromatic heterocycles. The normalized spacial score (nSPS) is 11.0. The van der Waals surface area contributed by atoms with E-state index in [-0.39, 0.29) is 0 Å². The van der Waals surface area contributed by atoms with Crippen molar-refractivity contribution in [3.8, 4) is 28.7 Å². The number of oxazole rings is 1. The van der Waals surface area contributed by atoms with Crippen LogP contribution < -0.4 is 19.5 Å². The van der Waals surface area contributed by atoms with Crippen LogP contribution in [0.5, 0.6) is 17.2 Å². The second kappa shape index (κ2) is 9.65. The van der Waals surface area contributed by atoms with Gasteiger partial charge in [0.25, 0.3) is 5.91 Å². The minimum absolute atomic E-state index is 0.319. The molecule has 4 aromatic rings. The summed E-state index contributed by atoms with van der Waals surface area (Å²) in [4.78, 5) is 17.7. The van der Waals surface area contributed by atoms with Gasteiger partial charge in [0, 0.05) is 11.1 Å². The number of methoxy groups -OCH3 is 3. The number of fused-ring (bicyclic) bond motifs is 1. The molecule has 176 valence electrons. The molecule has 34 heavy (non-hydrogen) atoms. The van der Waals surface area contributed by atoms with E-state index in [0.717, 1.165) is 5.52 Å². The van der Waals surface area contributed by atoms with Crippen LogP contribution in [0.2, 0.25) is 5.02 Å². The summed E-state index contributed by atoms with van der Waals surface area (Å²) < 4.78 is 21.9. The predicted octanol–water partition coefficient (Wildman–Crippen LogP) is 6.55. The van der Waals surface area contributed by atoms with Crippen LogP contribution >= 0.6 is 11.6 Å². The van der Waals surface area contributed by atoms with Gasteiger partial charge in [-0.25, -0.2) is 4.98 Å². The highest BCUT2D eigenvalue weighted by atomic mass is 35.5. The van der Waals surface area contributed by atoms with Crippen molar-refractivity contribution >= 4 is 34.3 Å². The standard InChI is InChI=1S/C26H25ClN2O5/c1-14(2)15-7-9-21-20(10-15)29-26(34-21)16-6-8-18(27)19(11-16)28-25(30)17-12-22(31-3)24(33-5)23(13-17)32-4/h6-14H,1-5H3,(H,28,30). The number of nitrogens with one attached hydrogen (secondary N) is 1. The van der Waals surface area contributed by atoms with Crippen LogP contribution in [0.3, 0.4) is 0 Å². The first-order valence-electron chi connectivity index (χ1n) is 10.7. The number of benzene rings is 3. The second-order valence-corrected chi connectivity index (χ2v) is 8.37. The number of hydrogen-bond donors (Lipinski definition) is 1. The summed E-state index contributed by atoms with van der Waals surface area (Å²) in [7, 11) is 4.48. The Morgan fingerprint density at radius 3 is 2.29 bits per heavy atom. The number of anilines is 1. The maximum absolute atomic E-state index is 13.0. The lowest BCUT2D eigenvalue weighted by molar-refractivity contribution is 0.102. The number of hydrogen-bond acceptors (Lipinski definition) is 6. The van der Waals surface area contributed by atoms with Gasteiger partial charge in [0.1, 0.15) is 5.52 Å². The largest absolute Gasteiger partial charge is 0.493 e. The number of carbonyl (C=O) groups excluding carboxylic acids is 1. The Morgan fingerprint density at radius 2 is 1.68 bits per heavy atom. The van der Waals surface area contributed by atoms with E-state index in [1.54, 1.807) is 30.3 Å². The van der Waals surface area contributed by atoms with Gasteiger partial charge in [0.2, 0.25) is 11.6 Å². The van der Waals surface area contributed by atoms with Crippen LogP contribution in [-0.2, 0) is 0 Å². The van der Waals surface area contributed by atoms with Gasteiger partial charge >= 0.3 is 0 Å². The van der Waals surface area contributed by atoms with Gasteiger partial charge in [-0.3, -0.25) is 4.79 Å². The van der Waals surface area contributed by atoms with Crippen molar-refractivity contribution in [2.75, 3.05) is 26.6 Å². The molecular formula is C26H25ClN2O5. The smallest absolute Gasteiger partial charge is 0.255 e. The fourth-order valence-electron chi connectivity index (χ4n) is 3.59. The van der Waals surface area contributed by atoms with Crippen molar-refractivity contribution < 1.29 is 23.4 Å². The maximum Gasteiger partial charge on any atom is 0.255 e. The molecule has 0 radical (unpaired) electrons. The van der Waals surface area contributed by atoms with Gasteiger partial charge in [-0.05, 0) is 53.9 Å². The van der Waals surface area contributed by atoms with Crippen LogP contribution in [-0.4, -0.2) is 32.2 Å². The molecule has 0 bridgehead atoms. The van der Waals surface area contributed by atoms with E-state index in [2.05, 4.69) is 24.1 Å². The van der Waals surface area contributed by atoms with Gasteiger partial charge in [-0.2, -0.15) is 0 Å². The molecule has 0 aliphatic rings. The lowest BCUT2D eigenvalue weighted by atomic mass is 10.0. The van der Waals surface area contributed by atoms with E-state index in [1.165, 1.54) is 26.9 Å². The molecule has 0 fully saturated rings. The van der Waals surface area contributed by atoms with Crippen LogP contribution in [0.4, 0.5) is 5.69 Å². The van der Waals surface area contributed by atoms with Gasteiger partial charge in [0.15, 0.2) is 17.1 Å². The first-order valence-corrected chi connectivity index (χ1v) is 11.0. The lowest BCUT2D eigenvalue weighted by Crippen LogP contribution is -2.13. The molecule has 0 aliphatic heterocycles. The van der Waals surface area contributed by atoms with E-state index in [4.69, 9.17) is 30.2 Å². The summed E-state index contributed by atoms with van der Waals surface area (Å²) in [5, 5.41) is 3.22. The summed E-state index contributed by atoms with van der Waals surface area (Å²) in [5.41, 5.74) is 4.08. The first-order chi connectivity index (χ1) is 16.3. The minimum Gasteiger partial charge on any atom is -0.493 e. The quantitative estimate of drug-likeness (QED) is 0.323. The Hall–Kier alpha value is -3.71. The highest BCUT2D eigenvalue weighted by molar-refractivity contribution is 6.34. The molecule has 1 amide bonds. The molecule has 0 aliphatic carbocycles. The molecule has 8 heteroatoms. The highest BCUT2D eigenvalue weighted by Gasteiger charge is 2.19. The molecule has 3 aromatic carbocycles. The van der Waals surface area contributed by atoms with E-state index in [0.29, 0.717) is 56.5 Å². The Morgan fingerprint density at radius 1 is 0.971 bits per heavy atom. The Bertz CT molecular complexity index is 1340. The molecule has 0 atom stereocenters. The molecule has 7 nitrogen and oxygen atoms in total. The number of carbonyl (C=O) groups is 1. The molecule has 0 spiro atoms. The minimum atomic E-state index is -0.391. The first kappa shape index (κ1) is 23.4. The zero-order valence-electron chi connectivity index (χ0n) is 19.6. The molecule has 1 N–H and O–H groups in total. The van der Waals surface area contributed by atoms with Crippen LogP contribution in [0, 0.1) is 0 Å². The number of ether oxygens (including phenoxy) is 3. The number of rotatable bonds is 7. The third-order valence-electron chi connectivity index (χ3n) is 5.47. The zero-order chi connectivity index (χ0) is 24.4. The van der Waals surface area contributed by atoms with Crippen molar-refractivity contribution in [1.82, 2.24) is 4.98 Å². The Balaban J connectivity index is 1.66. The van der Waals surface area contributed by atoms with Crippen molar-refractivity contribution in [3.05, 3.63) is 64.7 Å². The third-order valence-corrected chi connectivity index (χ3v) is 5.80. The summed E-state index contributed by atoms with van der Waals surface area (Å²) in [6.45, 7) is 4.26. The van der Waals surface area contributed by atoms with Crippen molar-refractivity contribution in [3.63, 3.8) is 0 Å². The molecule has 0 saturated heterocycles. The molecule has 0 saturated carbocycles. The molecule has 1 heterocycles. The number of amides is 1. The van der Waals surface area contributed by atoms with Gasteiger partial charge < -0.3 is 23.9 Å². The highest BCUT2D eigenvalue weighted by Crippen LogP contribution is 2.39. The number of halogens is 1. The monoisotopic (exact) mass is 480 g/mol. The topological polar surface area (TPSA) is 82.8 Å². The average Bonchev–Trinajstić information content (AvgIpc) is 3.27. The fraction of sp³-hybridized carbons (Fsp3) is 0.231. The van der Waals surface area contributed by atoms with Crippen molar-refractivity contribution in [1.29, 1.82) is 0 Å². The van der Waals surface area contributed by atoms with E-state index in [9.17, 15) is 4.79 Å². The number of nitrogens with zero attached hydrogens (tertiary/aromatic N) is 1.